The van der Waals surface area contributed by atoms with Gasteiger partial charge in [-0.3, -0.25) is 9.20 Å². The Morgan fingerprint density at radius 2 is 2.06 bits per heavy atom. The number of nitrogens with zero attached hydrogens (tertiary/aromatic N) is 4. The van der Waals surface area contributed by atoms with Crippen molar-refractivity contribution in [1.82, 2.24) is 19.3 Å². The summed E-state index contributed by atoms with van der Waals surface area (Å²) in [4.78, 5) is 23.9. The summed E-state index contributed by atoms with van der Waals surface area (Å²) in [5, 5.41) is 0. The van der Waals surface area contributed by atoms with Crippen LogP contribution in [0.25, 0.3) is 16.9 Å². The molecule has 1 amide bonds. The van der Waals surface area contributed by atoms with Crippen molar-refractivity contribution >= 4 is 17.4 Å². The average molecular weight is 417 g/mol. The highest BCUT2D eigenvalue weighted by atomic mass is 19.1. The zero-order valence-electron chi connectivity index (χ0n) is 17.0. The third kappa shape index (κ3) is 3.16. The summed E-state index contributed by atoms with van der Waals surface area (Å²) in [6.07, 6.45) is 2.95. The van der Waals surface area contributed by atoms with Crippen LogP contribution in [0.2, 0.25) is 0 Å². The number of carbonyl (C=O) groups is 1. The van der Waals surface area contributed by atoms with Gasteiger partial charge in [-0.05, 0) is 43.3 Å². The summed E-state index contributed by atoms with van der Waals surface area (Å²) < 4.78 is 22.1. The summed E-state index contributed by atoms with van der Waals surface area (Å²) in [6.45, 7) is 2.02. The molecule has 4 heterocycles. The minimum atomic E-state index is -0.622. The van der Waals surface area contributed by atoms with Crippen molar-refractivity contribution in [1.29, 1.82) is 0 Å². The van der Waals surface area contributed by atoms with Crippen LogP contribution in [0.15, 0.2) is 54.9 Å². The number of ether oxygens (including phenoxy) is 1. The Bertz CT molecular complexity index is 1330. The molecule has 0 radical (unpaired) electrons. The van der Waals surface area contributed by atoms with Gasteiger partial charge >= 0.3 is 0 Å². The van der Waals surface area contributed by atoms with E-state index >= 15 is 0 Å². The molecular formula is C23H20FN5O2. The largest absolute Gasteiger partial charge is 0.482 e. The van der Waals surface area contributed by atoms with Crippen molar-refractivity contribution in [3.8, 4) is 17.0 Å². The van der Waals surface area contributed by atoms with Crippen LogP contribution in [0, 0.1) is 5.82 Å². The minimum Gasteiger partial charge on any atom is -0.482 e. The van der Waals surface area contributed by atoms with Gasteiger partial charge in [0.15, 0.2) is 11.6 Å². The number of nitrogen functional groups attached to an aromatic ring is 1. The molecule has 156 valence electrons. The van der Waals surface area contributed by atoms with Gasteiger partial charge in [0, 0.05) is 36.1 Å². The maximum Gasteiger partial charge on any atom is 0.254 e. The second kappa shape index (κ2) is 7.09. The first-order valence-corrected chi connectivity index (χ1v) is 9.86. The maximum absolute atomic E-state index is 14.0. The number of imidazole rings is 1. The normalized spacial score (nSPS) is 16.2. The van der Waals surface area contributed by atoms with Gasteiger partial charge in [0.2, 0.25) is 0 Å². The molecule has 7 nitrogen and oxygen atoms in total. The van der Waals surface area contributed by atoms with E-state index in [1.807, 2.05) is 28.8 Å². The van der Waals surface area contributed by atoms with Crippen LogP contribution >= 0.6 is 0 Å². The lowest BCUT2D eigenvalue weighted by Gasteiger charge is -2.23. The van der Waals surface area contributed by atoms with Crippen LogP contribution < -0.4 is 10.5 Å². The van der Waals surface area contributed by atoms with Crippen molar-refractivity contribution < 1.29 is 13.9 Å². The van der Waals surface area contributed by atoms with E-state index in [-0.39, 0.29) is 18.3 Å². The highest BCUT2D eigenvalue weighted by Crippen LogP contribution is 2.35. The number of benzene rings is 1. The fraction of sp³-hybridized carbons (Fsp3) is 0.174. The van der Waals surface area contributed by atoms with Crippen LogP contribution in [0.3, 0.4) is 0 Å². The number of amides is 1. The van der Waals surface area contributed by atoms with Crippen molar-refractivity contribution in [3.05, 3.63) is 77.5 Å². The number of fused-ring (bicyclic) bond motifs is 7. The fourth-order valence-electron chi connectivity index (χ4n) is 3.96. The molecule has 2 N–H and O–H groups in total. The second-order valence-corrected chi connectivity index (χ2v) is 7.60. The molecule has 1 atom stereocenters. The number of hydrogen-bond donors (Lipinski definition) is 1. The molecule has 1 aliphatic rings. The molecule has 31 heavy (non-hydrogen) atoms. The quantitative estimate of drug-likeness (QED) is 0.470. The van der Waals surface area contributed by atoms with Gasteiger partial charge in [-0.15, -0.1) is 0 Å². The van der Waals surface area contributed by atoms with Gasteiger partial charge < -0.3 is 15.4 Å². The lowest BCUT2D eigenvalue weighted by atomic mass is 10.0. The predicted molar refractivity (Wildman–Crippen MR) is 114 cm³/mol. The molecule has 1 aromatic carbocycles. The van der Waals surface area contributed by atoms with E-state index in [2.05, 4.69) is 4.98 Å². The summed E-state index contributed by atoms with van der Waals surface area (Å²) in [6, 6.07) is 11.6. The Labute approximate surface area is 177 Å². The van der Waals surface area contributed by atoms with E-state index in [4.69, 9.17) is 15.5 Å². The first kappa shape index (κ1) is 19.0. The molecule has 5 rings (SSSR count). The van der Waals surface area contributed by atoms with E-state index in [0.29, 0.717) is 22.6 Å². The van der Waals surface area contributed by atoms with E-state index in [9.17, 15) is 9.18 Å². The molecule has 8 heteroatoms. The van der Waals surface area contributed by atoms with E-state index < -0.39 is 11.9 Å². The molecule has 0 aliphatic carbocycles. The van der Waals surface area contributed by atoms with Gasteiger partial charge in [-0.25, -0.2) is 14.4 Å². The number of halogens is 1. The number of hydrogen-bond acceptors (Lipinski definition) is 5. The summed E-state index contributed by atoms with van der Waals surface area (Å²) in [5.74, 6) is -0.120. The van der Waals surface area contributed by atoms with Crippen LogP contribution in [-0.2, 0) is 6.54 Å². The average Bonchev–Trinajstić information content (AvgIpc) is 3.11. The van der Waals surface area contributed by atoms with E-state index in [0.717, 1.165) is 16.9 Å². The highest BCUT2D eigenvalue weighted by molar-refractivity contribution is 5.95. The molecule has 2 bridgehead atoms. The number of pyridine rings is 2. The standard InChI is InChI=1S/C23H20FN5O2/c1-13-17-10-15(24)6-7-16(17)23(30)28(2)12-18-21(29-8-4-3-5-20(29)27-18)14-9-19(31-13)22(25)26-11-14/h3-11,13H,12H2,1-2H3,(H2,25,26). The summed E-state index contributed by atoms with van der Waals surface area (Å²) in [7, 11) is 1.70. The third-order valence-corrected chi connectivity index (χ3v) is 5.48. The van der Waals surface area contributed by atoms with Gasteiger partial charge in [0.25, 0.3) is 5.91 Å². The third-order valence-electron chi connectivity index (χ3n) is 5.48. The highest BCUT2D eigenvalue weighted by Gasteiger charge is 2.25. The molecule has 0 spiro atoms. The maximum atomic E-state index is 14.0. The number of aromatic nitrogens is 3. The van der Waals surface area contributed by atoms with Crippen LogP contribution in [0.4, 0.5) is 10.2 Å². The van der Waals surface area contributed by atoms with Crippen molar-refractivity contribution in [2.24, 2.45) is 0 Å². The fourth-order valence-corrected chi connectivity index (χ4v) is 3.96. The Balaban J connectivity index is 1.77. The molecular weight excluding hydrogens is 397 g/mol. The Hall–Kier alpha value is -3.94. The lowest BCUT2D eigenvalue weighted by Crippen LogP contribution is -2.28. The summed E-state index contributed by atoms with van der Waals surface area (Å²) in [5.41, 5.74) is 9.90. The minimum absolute atomic E-state index is 0.212. The molecule has 3 aromatic heterocycles. The molecule has 1 aliphatic heterocycles. The van der Waals surface area contributed by atoms with Crippen LogP contribution in [0.5, 0.6) is 5.75 Å². The number of carbonyl (C=O) groups excluding carboxylic acids is 1. The van der Waals surface area contributed by atoms with Crippen molar-refractivity contribution in [2.45, 2.75) is 19.6 Å². The van der Waals surface area contributed by atoms with Gasteiger partial charge in [-0.1, -0.05) is 6.07 Å². The van der Waals surface area contributed by atoms with Crippen molar-refractivity contribution in [3.63, 3.8) is 0 Å². The molecule has 4 aromatic rings. The lowest BCUT2D eigenvalue weighted by molar-refractivity contribution is 0.0778. The number of anilines is 1. The second-order valence-electron chi connectivity index (χ2n) is 7.60. The molecule has 0 fully saturated rings. The van der Waals surface area contributed by atoms with E-state index in [1.54, 1.807) is 31.1 Å². The summed E-state index contributed by atoms with van der Waals surface area (Å²) >= 11 is 0. The Kier molecular flexibility index (Phi) is 4.35. The van der Waals surface area contributed by atoms with Crippen molar-refractivity contribution in [2.75, 3.05) is 12.8 Å². The zero-order valence-corrected chi connectivity index (χ0v) is 17.0. The van der Waals surface area contributed by atoms with E-state index in [1.165, 1.54) is 18.2 Å². The van der Waals surface area contributed by atoms with Gasteiger partial charge in [0.05, 0.1) is 17.9 Å². The Morgan fingerprint density at radius 3 is 2.90 bits per heavy atom. The zero-order chi connectivity index (χ0) is 21.7. The smallest absolute Gasteiger partial charge is 0.254 e. The molecule has 0 saturated heterocycles. The Morgan fingerprint density at radius 1 is 1.23 bits per heavy atom. The van der Waals surface area contributed by atoms with Gasteiger partial charge in [0.1, 0.15) is 17.6 Å². The first-order valence-electron chi connectivity index (χ1n) is 9.86. The number of nitrogens with two attached hydrogens (primary N) is 1. The molecule has 1 unspecified atom stereocenters. The predicted octanol–water partition coefficient (Wildman–Crippen LogP) is 3.84. The topological polar surface area (TPSA) is 85.8 Å². The van der Waals surface area contributed by atoms with Crippen LogP contribution in [0.1, 0.15) is 34.6 Å². The number of rotatable bonds is 0. The monoisotopic (exact) mass is 417 g/mol. The first-order chi connectivity index (χ1) is 14.9. The van der Waals surface area contributed by atoms with Gasteiger partial charge in [-0.2, -0.15) is 0 Å². The van der Waals surface area contributed by atoms with Crippen LogP contribution in [-0.4, -0.2) is 32.2 Å². The molecule has 0 saturated carbocycles. The SMILES string of the molecule is CC1Oc2cc(cnc2N)-c2c(nc3ccccn23)CN(C)C(=O)c2ccc(F)cc21.